The lowest BCUT2D eigenvalue weighted by Crippen LogP contribution is -2.48. The molecule has 21 heavy (non-hydrogen) atoms. The summed E-state index contributed by atoms with van der Waals surface area (Å²) in [7, 11) is 0. The maximum Gasteiger partial charge on any atom is 0.317 e. The molecule has 0 bridgehead atoms. The van der Waals surface area contributed by atoms with Gasteiger partial charge in [0.25, 0.3) is 0 Å². The molecule has 0 aromatic carbocycles. The van der Waals surface area contributed by atoms with Crippen molar-refractivity contribution in [3.05, 3.63) is 0 Å². The molecule has 1 atom stereocenters. The van der Waals surface area contributed by atoms with Crippen LogP contribution in [0, 0.1) is 5.92 Å². The number of rotatable bonds is 6. The first-order valence-corrected chi connectivity index (χ1v) is 7.58. The Morgan fingerprint density at radius 2 is 1.95 bits per heavy atom. The van der Waals surface area contributed by atoms with Gasteiger partial charge < -0.3 is 20.6 Å². The van der Waals surface area contributed by atoms with Crippen molar-refractivity contribution < 1.29 is 19.5 Å². The third-order valence-electron chi connectivity index (χ3n) is 3.92. The van der Waals surface area contributed by atoms with Gasteiger partial charge in [-0.3, -0.25) is 9.59 Å². The van der Waals surface area contributed by atoms with Crippen LogP contribution in [0.3, 0.4) is 0 Å². The first kappa shape index (κ1) is 15.6. The minimum Gasteiger partial charge on any atom is -0.481 e. The fourth-order valence-electron chi connectivity index (χ4n) is 2.59. The molecule has 2 rings (SSSR count). The normalized spacial score (nSPS) is 21.7. The number of piperidine rings is 1. The van der Waals surface area contributed by atoms with Crippen molar-refractivity contribution >= 4 is 17.9 Å². The van der Waals surface area contributed by atoms with E-state index in [1.165, 1.54) is 0 Å². The summed E-state index contributed by atoms with van der Waals surface area (Å²) >= 11 is 0. The predicted molar refractivity (Wildman–Crippen MR) is 75.7 cm³/mol. The summed E-state index contributed by atoms with van der Waals surface area (Å²) in [4.78, 5) is 35.8. The molecule has 1 heterocycles. The highest BCUT2D eigenvalue weighted by Gasteiger charge is 2.26. The average molecular weight is 297 g/mol. The van der Waals surface area contributed by atoms with E-state index in [4.69, 9.17) is 5.11 Å². The summed E-state index contributed by atoms with van der Waals surface area (Å²) in [6, 6.07) is 0.0609. The van der Waals surface area contributed by atoms with E-state index in [1.807, 2.05) is 0 Å². The largest absolute Gasteiger partial charge is 0.481 e. The highest BCUT2D eigenvalue weighted by atomic mass is 16.4. The summed E-state index contributed by atoms with van der Waals surface area (Å²) in [5.41, 5.74) is 0. The average Bonchev–Trinajstić information content (AvgIpc) is 3.26. The molecule has 118 valence electrons. The zero-order valence-corrected chi connectivity index (χ0v) is 12.1. The van der Waals surface area contributed by atoms with Gasteiger partial charge in [-0.25, -0.2) is 4.79 Å². The van der Waals surface area contributed by atoms with Crippen molar-refractivity contribution in [2.24, 2.45) is 5.92 Å². The lowest BCUT2D eigenvalue weighted by molar-refractivity contribution is -0.137. The number of nitrogens with one attached hydrogen (secondary N) is 2. The number of hydrogen-bond donors (Lipinski definition) is 3. The van der Waals surface area contributed by atoms with Crippen LogP contribution < -0.4 is 10.6 Å². The number of hydrogen-bond acceptors (Lipinski definition) is 3. The first-order valence-electron chi connectivity index (χ1n) is 7.58. The molecule has 0 aromatic heterocycles. The molecule has 1 saturated heterocycles. The fourth-order valence-corrected chi connectivity index (χ4v) is 2.59. The van der Waals surface area contributed by atoms with Gasteiger partial charge in [-0.15, -0.1) is 0 Å². The van der Waals surface area contributed by atoms with E-state index in [0.717, 1.165) is 25.7 Å². The van der Waals surface area contributed by atoms with E-state index < -0.39 is 5.97 Å². The van der Waals surface area contributed by atoms with Crippen LogP contribution in [0.15, 0.2) is 0 Å². The van der Waals surface area contributed by atoms with Gasteiger partial charge in [0.05, 0.1) is 6.54 Å². The van der Waals surface area contributed by atoms with Crippen LogP contribution in [-0.4, -0.2) is 53.6 Å². The predicted octanol–water partition coefficient (Wildman–Crippen LogP) is 0.551. The number of carboxylic acid groups (broad SMARTS) is 1. The van der Waals surface area contributed by atoms with Crippen molar-refractivity contribution in [1.82, 2.24) is 15.5 Å². The standard InChI is InChI=1S/C14H23N3O4/c18-12(16-11-4-5-11)8-15-14(21)17-7-1-2-10(9-17)3-6-13(19)20/h10-11H,1-9H2,(H,15,21)(H,16,18)(H,19,20). The summed E-state index contributed by atoms with van der Waals surface area (Å²) < 4.78 is 0. The molecule has 2 fully saturated rings. The van der Waals surface area contributed by atoms with Crippen LogP contribution in [0.5, 0.6) is 0 Å². The molecule has 0 aromatic rings. The Morgan fingerprint density at radius 1 is 1.19 bits per heavy atom. The molecule has 0 spiro atoms. The van der Waals surface area contributed by atoms with Crippen molar-refractivity contribution in [3.63, 3.8) is 0 Å². The minimum absolute atomic E-state index is 0.00558. The van der Waals surface area contributed by atoms with Crippen LogP contribution >= 0.6 is 0 Å². The topological polar surface area (TPSA) is 98.7 Å². The van der Waals surface area contributed by atoms with Gasteiger partial charge in [0, 0.05) is 25.6 Å². The zero-order chi connectivity index (χ0) is 15.2. The second-order valence-corrected chi connectivity index (χ2v) is 5.89. The van der Waals surface area contributed by atoms with Crippen molar-refractivity contribution in [2.45, 2.75) is 44.6 Å². The molecule has 2 aliphatic rings. The Balaban J connectivity index is 1.68. The summed E-state index contributed by atoms with van der Waals surface area (Å²) in [5.74, 6) is -0.709. The number of amides is 3. The van der Waals surface area contributed by atoms with Crippen LogP contribution in [-0.2, 0) is 9.59 Å². The summed E-state index contributed by atoms with van der Waals surface area (Å²) in [5, 5.41) is 14.1. The smallest absolute Gasteiger partial charge is 0.317 e. The lowest BCUT2D eigenvalue weighted by atomic mass is 9.93. The molecule has 1 unspecified atom stereocenters. The van der Waals surface area contributed by atoms with E-state index in [2.05, 4.69) is 10.6 Å². The Labute approximate surface area is 124 Å². The third kappa shape index (κ3) is 5.61. The maximum atomic E-state index is 12.0. The molecule has 3 N–H and O–H groups in total. The van der Waals surface area contributed by atoms with Crippen molar-refractivity contribution in [2.75, 3.05) is 19.6 Å². The van der Waals surface area contributed by atoms with E-state index in [9.17, 15) is 14.4 Å². The van der Waals surface area contributed by atoms with Crippen molar-refractivity contribution in [3.8, 4) is 0 Å². The van der Waals surface area contributed by atoms with Gasteiger partial charge in [0.15, 0.2) is 0 Å². The molecule has 7 heteroatoms. The Bertz CT molecular complexity index is 409. The number of carbonyl (C=O) groups is 3. The molecular formula is C14H23N3O4. The number of urea groups is 1. The van der Waals surface area contributed by atoms with Gasteiger partial charge in [-0.05, 0) is 38.0 Å². The molecule has 1 aliphatic heterocycles. The zero-order valence-electron chi connectivity index (χ0n) is 12.1. The number of carbonyl (C=O) groups excluding carboxylic acids is 2. The quantitative estimate of drug-likeness (QED) is 0.667. The summed E-state index contributed by atoms with van der Waals surface area (Å²) in [6.45, 7) is 1.24. The van der Waals surface area contributed by atoms with Crippen LogP contribution in [0.25, 0.3) is 0 Å². The Hall–Kier alpha value is -1.79. The molecule has 1 aliphatic carbocycles. The number of nitrogens with zero attached hydrogens (tertiary/aromatic N) is 1. The number of likely N-dealkylation sites (tertiary alicyclic amines) is 1. The third-order valence-corrected chi connectivity index (χ3v) is 3.92. The minimum atomic E-state index is -0.798. The van der Waals surface area contributed by atoms with E-state index in [1.54, 1.807) is 4.90 Å². The second-order valence-electron chi connectivity index (χ2n) is 5.89. The Kier molecular flexibility index (Phi) is 5.41. The summed E-state index contributed by atoms with van der Waals surface area (Å²) in [6.07, 6.45) is 4.63. The molecular weight excluding hydrogens is 274 g/mol. The lowest BCUT2D eigenvalue weighted by Gasteiger charge is -2.32. The van der Waals surface area contributed by atoms with Crippen LogP contribution in [0.2, 0.25) is 0 Å². The number of aliphatic carboxylic acids is 1. The second kappa shape index (κ2) is 7.28. The van der Waals surface area contributed by atoms with E-state index in [-0.39, 0.29) is 30.8 Å². The molecule has 3 amide bonds. The fraction of sp³-hybridized carbons (Fsp3) is 0.786. The van der Waals surface area contributed by atoms with E-state index in [0.29, 0.717) is 25.6 Å². The molecule has 0 radical (unpaired) electrons. The Morgan fingerprint density at radius 3 is 2.62 bits per heavy atom. The first-order chi connectivity index (χ1) is 10.0. The van der Waals surface area contributed by atoms with Crippen molar-refractivity contribution in [1.29, 1.82) is 0 Å². The highest BCUT2D eigenvalue weighted by molar-refractivity contribution is 5.84. The molecule has 1 saturated carbocycles. The SMILES string of the molecule is O=C(O)CCC1CCCN(C(=O)NCC(=O)NC2CC2)C1. The van der Waals surface area contributed by atoms with Gasteiger partial charge in [0.1, 0.15) is 0 Å². The highest BCUT2D eigenvalue weighted by Crippen LogP contribution is 2.21. The number of carboxylic acids is 1. The molecule has 7 nitrogen and oxygen atoms in total. The van der Waals surface area contributed by atoms with Gasteiger partial charge >= 0.3 is 12.0 Å². The van der Waals surface area contributed by atoms with Crippen LogP contribution in [0.4, 0.5) is 4.79 Å². The van der Waals surface area contributed by atoms with Gasteiger partial charge in [-0.2, -0.15) is 0 Å². The van der Waals surface area contributed by atoms with Gasteiger partial charge in [0.2, 0.25) is 5.91 Å². The monoisotopic (exact) mass is 297 g/mol. The maximum absolute atomic E-state index is 12.0. The van der Waals surface area contributed by atoms with Gasteiger partial charge in [-0.1, -0.05) is 0 Å². The van der Waals surface area contributed by atoms with Crippen LogP contribution in [0.1, 0.15) is 38.5 Å². The van der Waals surface area contributed by atoms with E-state index >= 15 is 0 Å².